The number of methoxy groups -OCH3 is 1. The van der Waals surface area contributed by atoms with E-state index >= 15 is 0 Å². The fourth-order valence-corrected chi connectivity index (χ4v) is 6.94. The van der Waals surface area contributed by atoms with E-state index < -0.39 is 17.8 Å². The number of piperidine rings is 2. The summed E-state index contributed by atoms with van der Waals surface area (Å²) in [7, 11) is 1.47. The number of rotatable bonds is 7. The summed E-state index contributed by atoms with van der Waals surface area (Å²) < 4.78 is 46.6. The molecule has 3 fully saturated rings. The fourth-order valence-electron chi connectivity index (χ4n) is 6.94. The number of halogens is 3. The van der Waals surface area contributed by atoms with Crippen LogP contribution in [-0.4, -0.2) is 65.4 Å². The lowest BCUT2D eigenvalue weighted by atomic mass is 9.57. The van der Waals surface area contributed by atoms with Gasteiger partial charge in [0, 0.05) is 30.7 Å². The maximum atomic E-state index is 13.1. The van der Waals surface area contributed by atoms with Gasteiger partial charge in [-0.15, -0.1) is 0 Å². The van der Waals surface area contributed by atoms with Gasteiger partial charge in [0.15, 0.2) is 0 Å². The van der Waals surface area contributed by atoms with Crippen molar-refractivity contribution in [3.05, 3.63) is 47.9 Å². The molecule has 2 aliphatic heterocycles. The highest BCUT2D eigenvalue weighted by Crippen LogP contribution is 2.52. The van der Waals surface area contributed by atoms with E-state index in [9.17, 15) is 18.0 Å². The molecular formula is C30H37F3N6O2. The van der Waals surface area contributed by atoms with Crippen molar-refractivity contribution >= 4 is 22.5 Å². The van der Waals surface area contributed by atoms with Gasteiger partial charge in [0.25, 0.3) is 5.91 Å². The fraction of sp³-hybridized carbons (Fsp3) is 0.567. The van der Waals surface area contributed by atoms with E-state index in [4.69, 9.17) is 9.84 Å². The summed E-state index contributed by atoms with van der Waals surface area (Å²) in [5, 5.41) is 11.8. The lowest BCUT2D eigenvalue weighted by Gasteiger charge is -2.51. The third-order valence-corrected chi connectivity index (χ3v) is 9.26. The van der Waals surface area contributed by atoms with Crippen molar-refractivity contribution in [2.75, 3.05) is 45.2 Å². The summed E-state index contributed by atoms with van der Waals surface area (Å²) in [6.07, 6.45) is 6.20. The van der Waals surface area contributed by atoms with Crippen LogP contribution in [0, 0.1) is 11.3 Å². The number of hydrogen-bond donors (Lipinski definition) is 2. The van der Waals surface area contributed by atoms with E-state index in [1.807, 2.05) is 10.9 Å². The lowest BCUT2D eigenvalue weighted by Crippen LogP contribution is -2.46. The maximum absolute atomic E-state index is 13.1. The molecule has 1 spiro atoms. The van der Waals surface area contributed by atoms with Crippen LogP contribution < -0.4 is 15.4 Å². The highest BCUT2D eigenvalue weighted by molar-refractivity contribution is 6.05. The lowest BCUT2D eigenvalue weighted by molar-refractivity contribution is -0.141. The first-order chi connectivity index (χ1) is 19.7. The largest absolute Gasteiger partial charge is 0.494 e. The SMILES string of the molecule is COc1cc2nn(C3CCN(CCC4CC5(CCNCC5)C4)CC3)cc2cc1NC(=O)c1cccc(C(F)(F)F)n1. The van der Waals surface area contributed by atoms with Gasteiger partial charge in [-0.1, -0.05) is 6.07 Å². The zero-order valence-electron chi connectivity index (χ0n) is 23.3. The Bertz CT molecular complexity index is 1380. The topological polar surface area (TPSA) is 84.3 Å². The number of nitrogens with zero attached hydrogens (tertiary/aromatic N) is 4. The minimum absolute atomic E-state index is 0.290. The highest BCUT2D eigenvalue weighted by Gasteiger charge is 2.44. The van der Waals surface area contributed by atoms with Crippen molar-refractivity contribution < 1.29 is 22.7 Å². The molecule has 6 rings (SSSR count). The summed E-state index contributed by atoms with van der Waals surface area (Å²) in [6, 6.07) is 7.02. The number of fused-ring (bicyclic) bond motifs is 1. The first kappa shape index (κ1) is 28.0. The Morgan fingerprint density at radius 1 is 1.17 bits per heavy atom. The third kappa shape index (κ3) is 6.06. The Morgan fingerprint density at radius 2 is 1.93 bits per heavy atom. The molecule has 1 amide bonds. The summed E-state index contributed by atoms with van der Waals surface area (Å²) in [5.41, 5.74) is 0.282. The Labute approximate surface area is 237 Å². The number of ether oxygens (including phenoxy) is 1. The number of pyridine rings is 1. The van der Waals surface area contributed by atoms with Gasteiger partial charge in [-0.2, -0.15) is 18.3 Å². The standard InChI is InChI=1S/C30H37F3N6O2/c1-41-26-16-24-21(15-25(26)36-28(40)23-3-2-4-27(35-23)30(31,32)33)19-39(37-24)22-6-13-38(14-7-22)12-5-20-17-29(18-20)8-10-34-11-9-29/h2-4,15-16,19-20,22,34H,5-14,17-18H2,1H3,(H,36,40). The number of benzene rings is 1. The Balaban J connectivity index is 1.06. The predicted octanol–water partition coefficient (Wildman–Crippen LogP) is 5.52. The van der Waals surface area contributed by atoms with Crippen molar-refractivity contribution in [2.45, 2.75) is 57.2 Å². The molecule has 220 valence electrons. The quantitative estimate of drug-likeness (QED) is 0.389. The number of aromatic nitrogens is 3. The molecule has 1 saturated carbocycles. The van der Waals surface area contributed by atoms with Gasteiger partial charge in [-0.05, 0) is 94.1 Å². The molecule has 1 aliphatic carbocycles. The molecule has 41 heavy (non-hydrogen) atoms. The Kier molecular flexibility index (Phi) is 7.67. The average molecular weight is 571 g/mol. The number of amides is 1. The zero-order chi connectivity index (χ0) is 28.6. The second kappa shape index (κ2) is 11.2. The molecule has 1 aromatic carbocycles. The van der Waals surface area contributed by atoms with E-state index in [0.29, 0.717) is 22.9 Å². The van der Waals surface area contributed by atoms with Gasteiger partial charge < -0.3 is 20.3 Å². The monoisotopic (exact) mass is 570 g/mol. The zero-order valence-corrected chi connectivity index (χ0v) is 23.3. The molecule has 0 atom stereocenters. The number of anilines is 1. The molecule has 0 bridgehead atoms. The summed E-state index contributed by atoms with van der Waals surface area (Å²) in [4.78, 5) is 18.8. The van der Waals surface area contributed by atoms with Crippen LogP contribution in [0.3, 0.4) is 0 Å². The van der Waals surface area contributed by atoms with Crippen LogP contribution in [-0.2, 0) is 6.18 Å². The second-order valence-corrected chi connectivity index (χ2v) is 12.0. The molecule has 2 saturated heterocycles. The smallest absolute Gasteiger partial charge is 0.433 e. The molecule has 4 heterocycles. The molecular weight excluding hydrogens is 533 g/mol. The Hall–Kier alpha value is -3.18. The van der Waals surface area contributed by atoms with Crippen molar-refractivity contribution in [1.29, 1.82) is 0 Å². The van der Waals surface area contributed by atoms with Gasteiger partial charge in [0.05, 0.1) is 24.4 Å². The van der Waals surface area contributed by atoms with Gasteiger partial charge in [0.1, 0.15) is 17.1 Å². The van der Waals surface area contributed by atoms with E-state index in [1.54, 1.807) is 12.1 Å². The molecule has 2 aromatic heterocycles. The molecule has 11 heteroatoms. The van der Waals surface area contributed by atoms with Gasteiger partial charge in [-0.3, -0.25) is 9.48 Å². The second-order valence-electron chi connectivity index (χ2n) is 12.0. The maximum Gasteiger partial charge on any atom is 0.433 e. The molecule has 8 nitrogen and oxygen atoms in total. The summed E-state index contributed by atoms with van der Waals surface area (Å²) >= 11 is 0. The van der Waals surface area contributed by atoms with Gasteiger partial charge >= 0.3 is 6.18 Å². The van der Waals surface area contributed by atoms with Crippen LogP contribution in [0.5, 0.6) is 5.75 Å². The van der Waals surface area contributed by atoms with Crippen molar-refractivity contribution in [3.63, 3.8) is 0 Å². The minimum Gasteiger partial charge on any atom is -0.494 e. The van der Waals surface area contributed by atoms with Crippen LogP contribution in [0.2, 0.25) is 0 Å². The van der Waals surface area contributed by atoms with E-state index in [-0.39, 0.29) is 5.69 Å². The summed E-state index contributed by atoms with van der Waals surface area (Å²) in [6.45, 7) is 5.65. The van der Waals surface area contributed by atoms with Crippen LogP contribution in [0.15, 0.2) is 36.5 Å². The molecule has 3 aliphatic rings. The predicted molar refractivity (Wildman–Crippen MR) is 150 cm³/mol. The number of carbonyl (C=O) groups is 1. The molecule has 2 N–H and O–H groups in total. The highest BCUT2D eigenvalue weighted by atomic mass is 19.4. The first-order valence-corrected chi connectivity index (χ1v) is 14.6. The number of nitrogens with one attached hydrogen (secondary N) is 2. The number of likely N-dealkylation sites (tertiary alicyclic amines) is 1. The van der Waals surface area contributed by atoms with Crippen molar-refractivity contribution in [3.8, 4) is 5.75 Å². The molecule has 0 radical (unpaired) electrons. The van der Waals surface area contributed by atoms with Crippen LogP contribution in [0.25, 0.3) is 10.9 Å². The van der Waals surface area contributed by atoms with Gasteiger partial charge in [-0.25, -0.2) is 4.98 Å². The van der Waals surface area contributed by atoms with Crippen LogP contribution >= 0.6 is 0 Å². The van der Waals surface area contributed by atoms with Gasteiger partial charge in [0.2, 0.25) is 0 Å². The average Bonchev–Trinajstić information content (AvgIpc) is 3.38. The van der Waals surface area contributed by atoms with E-state index in [1.165, 1.54) is 64.9 Å². The Morgan fingerprint density at radius 3 is 2.63 bits per heavy atom. The third-order valence-electron chi connectivity index (χ3n) is 9.26. The summed E-state index contributed by atoms with van der Waals surface area (Å²) in [5.74, 6) is 0.512. The van der Waals surface area contributed by atoms with Crippen molar-refractivity contribution in [1.82, 2.24) is 25.0 Å². The van der Waals surface area contributed by atoms with E-state index in [0.717, 1.165) is 54.9 Å². The van der Waals surface area contributed by atoms with Crippen LogP contribution in [0.1, 0.15) is 67.2 Å². The van der Waals surface area contributed by atoms with E-state index in [2.05, 4.69) is 20.5 Å². The normalized spacial score (nSPS) is 20.3. The number of alkyl halides is 3. The molecule has 3 aromatic rings. The number of carbonyl (C=O) groups excluding carboxylic acids is 1. The van der Waals surface area contributed by atoms with Crippen LogP contribution in [0.4, 0.5) is 18.9 Å². The molecule has 0 unspecified atom stereocenters. The van der Waals surface area contributed by atoms with Crippen molar-refractivity contribution in [2.24, 2.45) is 11.3 Å². The first-order valence-electron chi connectivity index (χ1n) is 14.6. The number of hydrogen-bond acceptors (Lipinski definition) is 6. The minimum atomic E-state index is -4.63.